The molecule has 0 radical (unpaired) electrons. The highest BCUT2D eigenvalue weighted by Gasteiger charge is 2.50. The van der Waals surface area contributed by atoms with Crippen molar-refractivity contribution in [1.82, 2.24) is 5.32 Å². The van der Waals surface area contributed by atoms with Crippen LogP contribution in [-0.2, 0) is 4.79 Å². The molecule has 0 atom stereocenters. The van der Waals surface area contributed by atoms with Crippen LogP contribution in [0.5, 0.6) is 0 Å². The lowest BCUT2D eigenvalue weighted by Gasteiger charge is -2.28. The van der Waals surface area contributed by atoms with Crippen molar-refractivity contribution in [1.29, 1.82) is 0 Å². The maximum absolute atomic E-state index is 12.0. The maximum Gasteiger partial charge on any atom is 0.223 e. The van der Waals surface area contributed by atoms with Gasteiger partial charge < -0.3 is 0 Å². The number of benzene rings is 3. The van der Waals surface area contributed by atoms with Crippen molar-refractivity contribution in [2.24, 2.45) is 0 Å². The number of hydrogen-bond donors (Lipinski definition) is 1. The van der Waals surface area contributed by atoms with Crippen LogP contribution >= 0.6 is 18.9 Å². The minimum Gasteiger partial charge on any atom is -0.296 e. The average molecular weight is 480 g/mol. The van der Waals surface area contributed by atoms with Crippen LogP contribution < -0.4 is 39.9 Å². The van der Waals surface area contributed by atoms with Crippen molar-refractivity contribution in [3.63, 3.8) is 0 Å². The smallest absolute Gasteiger partial charge is 0.223 e. The van der Waals surface area contributed by atoms with E-state index in [1.54, 1.807) is 0 Å². The molecule has 6 nitrogen and oxygen atoms in total. The summed E-state index contributed by atoms with van der Waals surface area (Å²) < 4.78 is 34.0. The molecule has 0 heterocycles. The SMILES string of the molecule is CC(=O)N/C(=C\Cl)[P+](c1ccccc1)(c1ccccc1)c1ccccc1.[O-][Cl+3]([O-])([O-])[O-]. The first-order valence-electron chi connectivity index (χ1n) is 8.95. The first kappa shape index (κ1) is 25.0. The van der Waals surface area contributed by atoms with Gasteiger partial charge in [-0.1, -0.05) is 66.2 Å². The average Bonchev–Trinajstić information content (AvgIpc) is 2.74. The molecule has 3 rings (SSSR count). The van der Waals surface area contributed by atoms with E-state index in [0.29, 0.717) is 0 Å². The zero-order valence-corrected chi connectivity index (χ0v) is 18.9. The molecule has 0 unspecified atom stereocenters. The second-order valence-corrected chi connectivity index (χ2v) is 10.6. The third kappa shape index (κ3) is 6.86. The fourth-order valence-corrected chi connectivity index (χ4v) is 7.74. The van der Waals surface area contributed by atoms with Crippen LogP contribution in [0, 0.1) is 10.2 Å². The topological polar surface area (TPSA) is 121 Å². The third-order valence-electron chi connectivity index (χ3n) is 4.20. The molecule has 1 amide bonds. The van der Waals surface area contributed by atoms with Crippen LogP contribution in [0.4, 0.5) is 0 Å². The summed E-state index contributed by atoms with van der Waals surface area (Å²) in [4.78, 5) is 12.0. The molecule has 1 N–H and O–H groups in total. The molecule has 0 fully saturated rings. The Balaban J connectivity index is 0.000000614. The summed E-state index contributed by atoms with van der Waals surface area (Å²) in [5, 5.41) is 6.42. The predicted octanol–water partition coefficient (Wildman–Crippen LogP) is -0.602. The molecule has 31 heavy (non-hydrogen) atoms. The third-order valence-corrected chi connectivity index (χ3v) is 8.75. The van der Waals surface area contributed by atoms with Crippen molar-refractivity contribution in [2.45, 2.75) is 6.92 Å². The second kappa shape index (κ2) is 11.4. The number of halogens is 2. The van der Waals surface area contributed by atoms with Gasteiger partial charge in [0.25, 0.3) is 0 Å². The van der Waals surface area contributed by atoms with Crippen LogP contribution in [0.1, 0.15) is 6.92 Å². The number of amides is 1. The van der Waals surface area contributed by atoms with Gasteiger partial charge in [-0.25, -0.2) is 18.6 Å². The van der Waals surface area contributed by atoms with Crippen molar-refractivity contribution in [2.75, 3.05) is 0 Å². The van der Waals surface area contributed by atoms with E-state index in [1.807, 2.05) is 54.6 Å². The van der Waals surface area contributed by atoms with E-state index in [1.165, 1.54) is 12.5 Å². The summed E-state index contributed by atoms with van der Waals surface area (Å²) in [6.07, 6.45) is 0. The first-order chi connectivity index (χ1) is 14.7. The number of nitrogens with one attached hydrogen (secondary N) is 1. The van der Waals surface area contributed by atoms with Gasteiger partial charge in [0.2, 0.25) is 5.91 Å². The van der Waals surface area contributed by atoms with E-state index in [4.69, 9.17) is 30.2 Å². The molecule has 0 aliphatic rings. The second-order valence-electron chi connectivity index (χ2n) is 6.23. The van der Waals surface area contributed by atoms with E-state index < -0.39 is 17.5 Å². The number of rotatable bonds is 5. The normalized spacial score (nSPS) is 11.9. The van der Waals surface area contributed by atoms with Crippen LogP contribution in [-0.4, -0.2) is 5.91 Å². The molecule has 0 aliphatic carbocycles. The summed E-state index contributed by atoms with van der Waals surface area (Å²) in [5.74, 6) is -0.135. The summed E-state index contributed by atoms with van der Waals surface area (Å²) in [7, 11) is -7.26. The molecule has 0 saturated carbocycles. The largest absolute Gasteiger partial charge is 0.296 e. The molecule has 162 valence electrons. The molecule has 0 aromatic heterocycles. The molecular weight excluding hydrogens is 460 g/mol. The Morgan fingerprint density at radius 1 is 0.774 bits per heavy atom. The number of hydrogen-bond acceptors (Lipinski definition) is 5. The zero-order valence-electron chi connectivity index (χ0n) is 16.5. The number of carbonyl (C=O) groups excluding carboxylic acids is 1. The van der Waals surface area contributed by atoms with Crippen molar-refractivity contribution in [3.05, 3.63) is 102 Å². The summed E-state index contributed by atoms with van der Waals surface area (Å²) >= 11 is 6.30. The fraction of sp³-hybridized carbons (Fsp3) is 0.0455. The lowest BCUT2D eigenvalue weighted by Crippen LogP contribution is -2.68. The molecular formula is C22H20Cl2NO5P. The van der Waals surface area contributed by atoms with Crippen LogP contribution in [0.25, 0.3) is 0 Å². The van der Waals surface area contributed by atoms with Crippen molar-refractivity contribution in [3.8, 4) is 0 Å². The van der Waals surface area contributed by atoms with E-state index >= 15 is 0 Å². The lowest BCUT2D eigenvalue weighted by molar-refractivity contribution is -2.00. The van der Waals surface area contributed by atoms with Crippen LogP contribution in [0.3, 0.4) is 0 Å². The summed E-state index contributed by atoms with van der Waals surface area (Å²) in [6, 6.07) is 30.8. The Morgan fingerprint density at radius 2 is 1.06 bits per heavy atom. The van der Waals surface area contributed by atoms with Gasteiger partial charge in [-0.3, -0.25) is 10.1 Å². The van der Waals surface area contributed by atoms with Crippen LogP contribution in [0.2, 0.25) is 0 Å². The van der Waals surface area contributed by atoms with Gasteiger partial charge in [-0.05, 0) is 36.4 Å². The minimum atomic E-state index is -4.94. The highest BCUT2D eigenvalue weighted by Crippen LogP contribution is 2.61. The Kier molecular flexibility index (Phi) is 9.16. The Morgan fingerprint density at radius 3 is 1.29 bits per heavy atom. The summed E-state index contributed by atoms with van der Waals surface area (Å²) in [5.41, 5.74) is 2.25. The van der Waals surface area contributed by atoms with E-state index in [0.717, 1.165) is 21.4 Å². The van der Waals surface area contributed by atoms with Crippen LogP contribution in [0.15, 0.2) is 102 Å². The molecule has 3 aromatic carbocycles. The Bertz CT molecular complexity index is 894. The molecule has 0 spiro atoms. The van der Waals surface area contributed by atoms with Gasteiger partial charge in [0.1, 0.15) is 15.9 Å². The van der Waals surface area contributed by atoms with Gasteiger partial charge in [-0.2, -0.15) is 0 Å². The van der Waals surface area contributed by atoms with Gasteiger partial charge >= 0.3 is 0 Å². The molecule has 0 saturated heterocycles. The Hall–Kier alpha value is -2.28. The molecule has 3 aromatic rings. The van der Waals surface area contributed by atoms with E-state index in [9.17, 15) is 4.79 Å². The zero-order chi connectivity index (χ0) is 22.9. The maximum atomic E-state index is 12.0. The quantitative estimate of drug-likeness (QED) is 0.489. The molecule has 9 heteroatoms. The van der Waals surface area contributed by atoms with Crippen molar-refractivity contribution < 1.29 is 33.7 Å². The van der Waals surface area contributed by atoms with Crippen molar-refractivity contribution >= 4 is 40.7 Å². The van der Waals surface area contributed by atoms with Gasteiger partial charge in [0.05, 0.1) is 5.54 Å². The highest BCUT2D eigenvalue weighted by molar-refractivity contribution is 7.99. The number of carbonyl (C=O) groups is 1. The molecule has 0 aliphatic heterocycles. The predicted molar refractivity (Wildman–Crippen MR) is 113 cm³/mol. The summed E-state index contributed by atoms with van der Waals surface area (Å²) in [6.45, 7) is 1.51. The van der Waals surface area contributed by atoms with E-state index in [2.05, 4.69) is 41.7 Å². The highest BCUT2D eigenvalue weighted by atomic mass is 35.7. The standard InChI is InChI=1S/C22H19ClNOP.ClHO4/c1-18(25)24-22(17-23)26(19-11-5-2-6-12-19,20-13-7-3-8-14-20)21-15-9-4-10-16-21;2-1(3,4)5/h2-17H,1H3;(H,2,3,4,5)/b22-17+;. The monoisotopic (exact) mass is 479 g/mol. The minimum absolute atomic E-state index is 0.135. The van der Waals surface area contributed by atoms with Gasteiger partial charge in [0.15, 0.2) is 12.7 Å². The lowest BCUT2D eigenvalue weighted by atomic mass is 10.4. The fourth-order valence-electron chi connectivity index (χ4n) is 3.18. The molecule has 0 bridgehead atoms. The van der Waals surface area contributed by atoms with Gasteiger partial charge in [0, 0.05) is 6.92 Å². The van der Waals surface area contributed by atoms with E-state index in [-0.39, 0.29) is 5.91 Å². The van der Waals surface area contributed by atoms with Gasteiger partial charge in [-0.15, -0.1) is 10.2 Å². The first-order valence-corrected chi connectivity index (χ1v) is 12.4. The Labute approximate surface area is 188 Å².